The first-order valence-corrected chi connectivity index (χ1v) is 4.20. The van der Waals surface area contributed by atoms with Crippen LogP contribution in [0.5, 0.6) is 0 Å². The highest BCUT2D eigenvalue weighted by Crippen LogP contribution is 2.03. The molecule has 66 valence electrons. The van der Waals surface area contributed by atoms with E-state index in [9.17, 15) is 4.79 Å². The van der Waals surface area contributed by atoms with Crippen LogP contribution in [-0.2, 0) is 0 Å². The van der Waals surface area contributed by atoms with Crippen molar-refractivity contribution < 1.29 is 4.79 Å². The van der Waals surface area contributed by atoms with Crippen molar-refractivity contribution >= 4 is 5.78 Å². The van der Waals surface area contributed by atoms with Crippen molar-refractivity contribution in [2.24, 2.45) is 0 Å². The molecule has 0 radical (unpaired) electrons. The fourth-order valence-electron chi connectivity index (χ4n) is 1.01. The third-order valence-electron chi connectivity index (χ3n) is 1.67. The number of rotatable bonds is 4. The van der Waals surface area contributed by atoms with Gasteiger partial charge in [0, 0.05) is 12.0 Å². The van der Waals surface area contributed by atoms with E-state index >= 15 is 0 Å². The predicted molar refractivity (Wildman–Crippen MR) is 54.7 cm³/mol. The molecular weight excluding hydrogens is 160 g/mol. The number of carbonyl (C=O) groups is 1. The molecule has 1 heteroatoms. The quantitative estimate of drug-likeness (QED) is 0.504. The fourth-order valence-corrected chi connectivity index (χ4v) is 1.01. The predicted octanol–water partition coefficient (Wildman–Crippen LogP) is 3.00. The van der Waals surface area contributed by atoms with Crippen molar-refractivity contribution in [1.29, 1.82) is 0 Å². The monoisotopic (exact) mass is 172 g/mol. The maximum Gasteiger partial charge on any atom is 0.166 e. The molecule has 0 aliphatic rings. The Morgan fingerprint density at radius 1 is 1.31 bits per heavy atom. The maximum atomic E-state index is 11.4. The number of allylic oxidation sites excluding steroid dienone is 3. The van der Waals surface area contributed by atoms with Gasteiger partial charge in [0.05, 0.1) is 0 Å². The van der Waals surface area contributed by atoms with Gasteiger partial charge in [0.25, 0.3) is 0 Å². The summed E-state index contributed by atoms with van der Waals surface area (Å²) in [7, 11) is 0. The van der Waals surface area contributed by atoms with E-state index in [-0.39, 0.29) is 5.78 Å². The SMILES string of the molecule is C=CC=CCC(=O)c1ccccc1. The molecule has 0 saturated carbocycles. The topological polar surface area (TPSA) is 17.1 Å². The zero-order valence-corrected chi connectivity index (χ0v) is 7.44. The Bertz CT molecular complexity index is 309. The second-order valence-electron chi connectivity index (χ2n) is 2.66. The summed E-state index contributed by atoms with van der Waals surface area (Å²) < 4.78 is 0. The number of hydrogen-bond donors (Lipinski definition) is 0. The Morgan fingerprint density at radius 3 is 2.62 bits per heavy atom. The molecule has 0 spiro atoms. The van der Waals surface area contributed by atoms with Crippen LogP contribution in [-0.4, -0.2) is 5.78 Å². The molecule has 0 heterocycles. The molecule has 1 aromatic carbocycles. The van der Waals surface area contributed by atoms with Crippen LogP contribution >= 0.6 is 0 Å². The molecule has 1 nitrogen and oxygen atoms in total. The van der Waals surface area contributed by atoms with Crippen molar-refractivity contribution in [3.05, 3.63) is 60.7 Å². The first kappa shape index (κ1) is 9.46. The molecule has 0 atom stereocenters. The van der Waals surface area contributed by atoms with Crippen LogP contribution in [0.4, 0.5) is 0 Å². The summed E-state index contributed by atoms with van der Waals surface area (Å²) in [5, 5.41) is 0. The van der Waals surface area contributed by atoms with Crippen molar-refractivity contribution in [2.45, 2.75) is 6.42 Å². The van der Waals surface area contributed by atoms with Gasteiger partial charge in [0.2, 0.25) is 0 Å². The van der Waals surface area contributed by atoms with Crippen molar-refractivity contribution in [1.82, 2.24) is 0 Å². The van der Waals surface area contributed by atoms with Crippen LogP contribution in [0.25, 0.3) is 0 Å². The normalized spacial score (nSPS) is 10.2. The van der Waals surface area contributed by atoms with Gasteiger partial charge in [0.15, 0.2) is 5.78 Å². The molecule has 0 aliphatic heterocycles. The first-order chi connectivity index (χ1) is 6.34. The Hall–Kier alpha value is -1.63. The minimum atomic E-state index is 0.138. The van der Waals surface area contributed by atoms with Crippen molar-refractivity contribution in [3.63, 3.8) is 0 Å². The van der Waals surface area contributed by atoms with E-state index in [2.05, 4.69) is 6.58 Å². The number of Topliss-reactive ketones (excluding diaryl/α,β-unsaturated/α-hetero) is 1. The van der Waals surface area contributed by atoms with Crippen LogP contribution in [0, 0.1) is 0 Å². The molecule has 0 unspecified atom stereocenters. The molecule has 0 saturated heterocycles. The zero-order valence-electron chi connectivity index (χ0n) is 7.44. The van der Waals surface area contributed by atoms with Crippen LogP contribution < -0.4 is 0 Å². The highest BCUT2D eigenvalue weighted by Gasteiger charge is 2.00. The Labute approximate surface area is 78.4 Å². The van der Waals surface area contributed by atoms with Gasteiger partial charge in [-0.25, -0.2) is 0 Å². The highest BCUT2D eigenvalue weighted by atomic mass is 16.1. The molecule has 13 heavy (non-hydrogen) atoms. The van der Waals surface area contributed by atoms with Crippen molar-refractivity contribution in [3.8, 4) is 0 Å². The minimum Gasteiger partial charge on any atom is -0.294 e. The zero-order chi connectivity index (χ0) is 9.52. The smallest absolute Gasteiger partial charge is 0.166 e. The van der Waals surface area contributed by atoms with Gasteiger partial charge in [-0.3, -0.25) is 4.79 Å². The third-order valence-corrected chi connectivity index (χ3v) is 1.67. The van der Waals surface area contributed by atoms with E-state index in [0.717, 1.165) is 5.56 Å². The van der Waals surface area contributed by atoms with E-state index in [1.54, 1.807) is 12.2 Å². The average molecular weight is 172 g/mol. The molecule has 0 aliphatic carbocycles. The lowest BCUT2D eigenvalue weighted by atomic mass is 10.1. The Balaban J connectivity index is 2.59. The number of benzene rings is 1. The van der Waals surface area contributed by atoms with Gasteiger partial charge in [-0.1, -0.05) is 55.1 Å². The van der Waals surface area contributed by atoms with E-state index in [1.165, 1.54) is 0 Å². The second kappa shape index (κ2) is 5.09. The largest absolute Gasteiger partial charge is 0.294 e. The molecule has 0 amide bonds. The van der Waals surface area contributed by atoms with Crippen LogP contribution in [0.15, 0.2) is 55.1 Å². The van der Waals surface area contributed by atoms with Gasteiger partial charge in [-0.2, -0.15) is 0 Å². The lowest BCUT2D eigenvalue weighted by Crippen LogP contribution is -1.95. The highest BCUT2D eigenvalue weighted by molar-refractivity contribution is 5.96. The number of ketones is 1. The summed E-state index contributed by atoms with van der Waals surface area (Å²) in [6.07, 6.45) is 5.69. The van der Waals surface area contributed by atoms with Crippen LogP contribution in [0.3, 0.4) is 0 Å². The van der Waals surface area contributed by atoms with Crippen molar-refractivity contribution in [2.75, 3.05) is 0 Å². The standard InChI is InChI=1S/C12H12O/c1-2-3-5-10-12(13)11-8-6-4-7-9-11/h2-9H,1,10H2. The van der Waals surface area contributed by atoms with E-state index in [0.29, 0.717) is 6.42 Å². The summed E-state index contributed by atoms with van der Waals surface area (Å²) in [6.45, 7) is 3.53. The second-order valence-corrected chi connectivity index (χ2v) is 2.66. The van der Waals surface area contributed by atoms with Gasteiger partial charge >= 0.3 is 0 Å². The van der Waals surface area contributed by atoms with Gasteiger partial charge in [-0.05, 0) is 0 Å². The summed E-state index contributed by atoms with van der Waals surface area (Å²) in [5.74, 6) is 0.138. The van der Waals surface area contributed by atoms with E-state index in [4.69, 9.17) is 0 Å². The third kappa shape index (κ3) is 3.08. The summed E-state index contributed by atoms with van der Waals surface area (Å²) in [6, 6.07) is 9.28. The van der Waals surface area contributed by atoms with Crippen LogP contribution in [0.1, 0.15) is 16.8 Å². The Kier molecular flexibility index (Phi) is 3.71. The Morgan fingerprint density at radius 2 is 2.00 bits per heavy atom. The summed E-state index contributed by atoms with van der Waals surface area (Å²) in [5.41, 5.74) is 0.760. The summed E-state index contributed by atoms with van der Waals surface area (Å²) in [4.78, 5) is 11.4. The number of hydrogen-bond acceptors (Lipinski definition) is 1. The number of carbonyl (C=O) groups excluding carboxylic acids is 1. The molecule has 1 rings (SSSR count). The van der Waals surface area contributed by atoms with Gasteiger partial charge < -0.3 is 0 Å². The van der Waals surface area contributed by atoms with Crippen LogP contribution in [0.2, 0.25) is 0 Å². The lowest BCUT2D eigenvalue weighted by Gasteiger charge is -1.95. The molecular formula is C12H12O. The van der Waals surface area contributed by atoms with E-state index < -0.39 is 0 Å². The lowest BCUT2D eigenvalue weighted by molar-refractivity contribution is 0.0996. The molecule has 1 aromatic rings. The molecule has 0 fully saturated rings. The maximum absolute atomic E-state index is 11.4. The van der Waals surface area contributed by atoms with Gasteiger partial charge in [0.1, 0.15) is 0 Å². The molecule has 0 N–H and O–H groups in total. The molecule has 0 bridgehead atoms. The fraction of sp³-hybridized carbons (Fsp3) is 0.0833. The first-order valence-electron chi connectivity index (χ1n) is 4.20. The minimum absolute atomic E-state index is 0.138. The average Bonchev–Trinajstić information content (AvgIpc) is 2.19. The van der Waals surface area contributed by atoms with E-state index in [1.807, 2.05) is 36.4 Å². The molecule has 0 aromatic heterocycles. The van der Waals surface area contributed by atoms with Gasteiger partial charge in [-0.15, -0.1) is 0 Å². The summed E-state index contributed by atoms with van der Waals surface area (Å²) >= 11 is 0.